The second-order valence-corrected chi connectivity index (χ2v) is 7.26. The fraction of sp³-hybridized carbons (Fsp3) is 0.385. The van der Waals surface area contributed by atoms with Crippen LogP contribution in [0.25, 0.3) is 0 Å². The molecule has 21 heavy (non-hydrogen) atoms. The Bertz CT molecular complexity index is 642. The summed E-state index contributed by atoms with van der Waals surface area (Å²) in [6.07, 6.45) is 0. The molecule has 1 aromatic rings. The van der Waals surface area contributed by atoms with Crippen molar-refractivity contribution in [3.63, 3.8) is 0 Å². The molecule has 1 atom stereocenters. The summed E-state index contributed by atoms with van der Waals surface area (Å²) in [7, 11) is -3.70. The van der Waals surface area contributed by atoms with Crippen molar-refractivity contribution in [3.05, 3.63) is 35.4 Å². The van der Waals surface area contributed by atoms with E-state index in [2.05, 4.69) is 4.72 Å². The summed E-state index contributed by atoms with van der Waals surface area (Å²) >= 11 is 4.85. The standard InChI is InChI=1S/C13H19N3O3S2/c1-8(2)11(12(14)17)16-21(18,19)7-9-4-3-5-10(6-9)13(15)20/h3-6,8,11,16H,7H2,1-2H3,(H2,14,17)(H2,15,20). The first-order valence-electron chi connectivity index (χ1n) is 6.30. The third-order valence-electron chi connectivity index (χ3n) is 2.85. The minimum atomic E-state index is -3.70. The van der Waals surface area contributed by atoms with Crippen molar-refractivity contribution in [1.82, 2.24) is 4.72 Å². The molecule has 116 valence electrons. The average Bonchev–Trinajstić information content (AvgIpc) is 2.35. The number of carbonyl (C=O) groups excluding carboxylic acids is 1. The smallest absolute Gasteiger partial charge is 0.235 e. The lowest BCUT2D eigenvalue weighted by Crippen LogP contribution is -2.47. The number of benzene rings is 1. The maximum absolute atomic E-state index is 12.1. The Balaban J connectivity index is 2.92. The van der Waals surface area contributed by atoms with Crippen molar-refractivity contribution < 1.29 is 13.2 Å². The Hall–Kier alpha value is -1.51. The molecule has 0 bridgehead atoms. The van der Waals surface area contributed by atoms with Gasteiger partial charge < -0.3 is 11.5 Å². The third kappa shape index (κ3) is 5.41. The number of nitrogens with two attached hydrogens (primary N) is 2. The number of carbonyl (C=O) groups is 1. The van der Waals surface area contributed by atoms with Gasteiger partial charge in [0.15, 0.2) is 0 Å². The van der Waals surface area contributed by atoms with Gasteiger partial charge in [0.2, 0.25) is 15.9 Å². The van der Waals surface area contributed by atoms with E-state index in [1.54, 1.807) is 38.1 Å². The molecule has 6 nitrogen and oxygen atoms in total. The molecule has 5 N–H and O–H groups in total. The van der Waals surface area contributed by atoms with E-state index in [9.17, 15) is 13.2 Å². The number of primary amides is 1. The summed E-state index contributed by atoms with van der Waals surface area (Å²) in [5.41, 5.74) is 11.8. The van der Waals surface area contributed by atoms with Crippen LogP contribution in [0.1, 0.15) is 25.0 Å². The predicted molar refractivity (Wildman–Crippen MR) is 85.9 cm³/mol. The third-order valence-corrected chi connectivity index (χ3v) is 4.41. The van der Waals surface area contributed by atoms with Crippen LogP contribution in [0.5, 0.6) is 0 Å². The van der Waals surface area contributed by atoms with Crippen LogP contribution < -0.4 is 16.2 Å². The van der Waals surface area contributed by atoms with Crippen LogP contribution in [-0.2, 0) is 20.6 Å². The normalized spacial score (nSPS) is 13.1. The molecule has 0 saturated carbocycles. The van der Waals surface area contributed by atoms with Gasteiger partial charge in [-0.05, 0) is 17.5 Å². The molecular formula is C13H19N3O3S2. The molecule has 0 heterocycles. The summed E-state index contributed by atoms with van der Waals surface area (Å²) in [5, 5.41) is 0. The van der Waals surface area contributed by atoms with Crippen molar-refractivity contribution in [2.75, 3.05) is 0 Å². The number of hydrogen-bond acceptors (Lipinski definition) is 4. The Labute approximate surface area is 129 Å². The van der Waals surface area contributed by atoms with Gasteiger partial charge in [-0.15, -0.1) is 0 Å². The van der Waals surface area contributed by atoms with Gasteiger partial charge in [0.05, 0.1) is 5.75 Å². The Morgan fingerprint density at radius 3 is 2.43 bits per heavy atom. The van der Waals surface area contributed by atoms with Crippen LogP contribution in [0.15, 0.2) is 24.3 Å². The Kier molecular flexibility index (Phi) is 5.82. The van der Waals surface area contributed by atoms with Crippen LogP contribution in [0.3, 0.4) is 0 Å². The van der Waals surface area contributed by atoms with E-state index in [1.165, 1.54) is 0 Å². The molecule has 0 radical (unpaired) electrons. The minimum absolute atomic E-state index is 0.194. The molecule has 1 rings (SSSR count). The summed E-state index contributed by atoms with van der Waals surface area (Å²) < 4.78 is 26.6. The zero-order valence-electron chi connectivity index (χ0n) is 11.9. The fourth-order valence-corrected chi connectivity index (χ4v) is 3.40. The number of hydrogen-bond donors (Lipinski definition) is 3. The van der Waals surface area contributed by atoms with Crippen molar-refractivity contribution in [3.8, 4) is 0 Å². The molecular weight excluding hydrogens is 310 g/mol. The quantitative estimate of drug-likeness (QED) is 0.620. The predicted octanol–water partition coefficient (Wildman–Crippen LogP) is 0.250. The lowest BCUT2D eigenvalue weighted by atomic mass is 10.1. The molecule has 1 amide bonds. The highest BCUT2D eigenvalue weighted by molar-refractivity contribution is 7.88. The second-order valence-electron chi connectivity index (χ2n) is 5.07. The van der Waals surface area contributed by atoms with Crippen molar-refractivity contribution >= 4 is 33.1 Å². The molecule has 1 aromatic carbocycles. The van der Waals surface area contributed by atoms with E-state index in [0.29, 0.717) is 11.1 Å². The summed E-state index contributed by atoms with van der Waals surface area (Å²) in [6, 6.07) is 5.69. The molecule has 0 spiro atoms. The summed E-state index contributed by atoms with van der Waals surface area (Å²) in [4.78, 5) is 11.5. The van der Waals surface area contributed by atoms with Gasteiger partial charge >= 0.3 is 0 Å². The first kappa shape index (κ1) is 17.5. The average molecular weight is 329 g/mol. The summed E-state index contributed by atoms with van der Waals surface area (Å²) in [6.45, 7) is 3.43. The number of amides is 1. The van der Waals surface area contributed by atoms with Gasteiger partial charge in [0.1, 0.15) is 11.0 Å². The van der Waals surface area contributed by atoms with E-state index in [1.807, 2.05) is 0 Å². The van der Waals surface area contributed by atoms with Crippen LogP contribution in [0.4, 0.5) is 0 Å². The number of sulfonamides is 1. The van der Waals surface area contributed by atoms with Crippen LogP contribution in [0.2, 0.25) is 0 Å². The van der Waals surface area contributed by atoms with Gasteiger partial charge in [0, 0.05) is 5.56 Å². The molecule has 0 aliphatic carbocycles. The highest BCUT2D eigenvalue weighted by atomic mass is 32.2. The van der Waals surface area contributed by atoms with Crippen LogP contribution >= 0.6 is 12.2 Å². The minimum Gasteiger partial charge on any atom is -0.389 e. The molecule has 0 fully saturated rings. The SMILES string of the molecule is CC(C)C(NS(=O)(=O)Cc1cccc(C(N)=S)c1)C(N)=O. The van der Waals surface area contributed by atoms with Gasteiger partial charge in [0.25, 0.3) is 0 Å². The zero-order valence-corrected chi connectivity index (χ0v) is 13.5. The molecule has 0 aliphatic rings. The Morgan fingerprint density at radius 2 is 1.95 bits per heavy atom. The first-order chi connectivity index (χ1) is 9.62. The lowest BCUT2D eigenvalue weighted by Gasteiger charge is -2.19. The Morgan fingerprint density at radius 1 is 1.33 bits per heavy atom. The van der Waals surface area contributed by atoms with E-state index in [-0.39, 0.29) is 16.7 Å². The van der Waals surface area contributed by atoms with Gasteiger partial charge in [-0.1, -0.05) is 44.3 Å². The van der Waals surface area contributed by atoms with Gasteiger partial charge in [-0.25, -0.2) is 13.1 Å². The van der Waals surface area contributed by atoms with E-state index >= 15 is 0 Å². The number of rotatable bonds is 7. The van der Waals surface area contributed by atoms with E-state index in [4.69, 9.17) is 23.7 Å². The molecule has 8 heteroatoms. The second kappa shape index (κ2) is 6.97. The fourth-order valence-electron chi connectivity index (χ4n) is 1.79. The van der Waals surface area contributed by atoms with Gasteiger partial charge in [-0.3, -0.25) is 4.79 Å². The highest BCUT2D eigenvalue weighted by Gasteiger charge is 2.25. The van der Waals surface area contributed by atoms with Gasteiger partial charge in [-0.2, -0.15) is 0 Å². The summed E-state index contributed by atoms with van der Waals surface area (Å²) in [5.74, 6) is -1.22. The largest absolute Gasteiger partial charge is 0.389 e. The lowest BCUT2D eigenvalue weighted by molar-refractivity contribution is -0.120. The molecule has 1 unspecified atom stereocenters. The van der Waals surface area contributed by atoms with Crippen LogP contribution in [0, 0.1) is 5.92 Å². The maximum Gasteiger partial charge on any atom is 0.235 e. The monoisotopic (exact) mass is 329 g/mol. The first-order valence-corrected chi connectivity index (χ1v) is 8.36. The molecule has 0 aromatic heterocycles. The zero-order chi connectivity index (χ0) is 16.2. The van der Waals surface area contributed by atoms with Crippen LogP contribution in [-0.4, -0.2) is 25.4 Å². The molecule has 0 aliphatic heterocycles. The van der Waals surface area contributed by atoms with Crippen molar-refractivity contribution in [2.45, 2.75) is 25.6 Å². The van der Waals surface area contributed by atoms with E-state index < -0.39 is 22.0 Å². The topological polar surface area (TPSA) is 115 Å². The molecule has 0 saturated heterocycles. The van der Waals surface area contributed by atoms with E-state index in [0.717, 1.165) is 0 Å². The van der Waals surface area contributed by atoms with Crippen molar-refractivity contribution in [2.24, 2.45) is 17.4 Å². The maximum atomic E-state index is 12.1. The number of thiocarbonyl (C=S) groups is 1. The van der Waals surface area contributed by atoms with Crippen molar-refractivity contribution in [1.29, 1.82) is 0 Å². The number of nitrogens with one attached hydrogen (secondary N) is 1. The highest BCUT2D eigenvalue weighted by Crippen LogP contribution is 2.11.